The van der Waals surface area contributed by atoms with E-state index in [4.69, 9.17) is 5.11 Å². The van der Waals surface area contributed by atoms with Crippen molar-refractivity contribution in [2.24, 2.45) is 0 Å². The van der Waals surface area contributed by atoms with Crippen LogP contribution >= 0.6 is 0 Å². The Balaban J connectivity index is 0.000000531. The molecule has 1 fully saturated rings. The predicted molar refractivity (Wildman–Crippen MR) is 59.2 cm³/mol. The Bertz CT molecular complexity index is 292. The first-order valence-corrected chi connectivity index (χ1v) is 5.01. The van der Waals surface area contributed by atoms with Crippen LogP contribution in [0.5, 0.6) is 0 Å². The quantitative estimate of drug-likeness (QED) is 0.739. The highest BCUT2D eigenvalue weighted by Crippen LogP contribution is 2.16. The smallest absolute Gasteiger partial charge is 0.151 e. The van der Waals surface area contributed by atoms with Crippen molar-refractivity contribution in [3.8, 4) is 0 Å². The summed E-state index contributed by atoms with van der Waals surface area (Å²) in [6.45, 7) is 2.18. The second kappa shape index (κ2) is 6.14. The molecule has 0 atom stereocenters. The predicted octanol–water partition coefficient (Wildman–Crippen LogP) is 1.10. The molecule has 0 saturated carbocycles. The molecule has 1 aromatic rings. The highest BCUT2D eigenvalue weighted by atomic mass is 16.2. The van der Waals surface area contributed by atoms with E-state index in [0.717, 1.165) is 32.3 Å². The Morgan fingerprint density at radius 2 is 2.00 bits per heavy atom. The maximum atomic E-state index is 10.4. The molecule has 4 heteroatoms. The lowest BCUT2D eigenvalue weighted by Crippen LogP contribution is -2.18. The first-order valence-electron chi connectivity index (χ1n) is 5.01. The molecule has 1 aliphatic heterocycles. The Hall–Kier alpha value is -1.42. The van der Waals surface area contributed by atoms with Crippen LogP contribution in [0.1, 0.15) is 23.2 Å². The third-order valence-corrected chi connectivity index (χ3v) is 2.34. The van der Waals surface area contributed by atoms with Gasteiger partial charge in [-0.25, -0.2) is 4.98 Å². The van der Waals surface area contributed by atoms with Gasteiger partial charge >= 0.3 is 0 Å². The highest BCUT2D eigenvalue weighted by molar-refractivity contribution is 5.74. The summed E-state index contributed by atoms with van der Waals surface area (Å²) in [5, 5.41) is 7.00. The number of hydrogen-bond donors (Lipinski definition) is 1. The van der Waals surface area contributed by atoms with Gasteiger partial charge in [0, 0.05) is 32.0 Å². The first-order chi connectivity index (χ1) is 7.40. The largest absolute Gasteiger partial charge is 0.400 e. The van der Waals surface area contributed by atoms with E-state index in [-0.39, 0.29) is 0 Å². The number of pyridine rings is 1. The SMILES string of the molecule is CO.O=Cc1ccc(N2CCCC2)nc1. The molecule has 1 N–H and O–H groups in total. The van der Waals surface area contributed by atoms with Gasteiger partial charge in [-0.1, -0.05) is 0 Å². The van der Waals surface area contributed by atoms with Crippen LogP contribution < -0.4 is 4.90 Å². The first kappa shape index (κ1) is 11.7. The van der Waals surface area contributed by atoms with Crippen molar-refractivity contribution in [3.63, 3.8) is 0 Å². The molecule has 1 aromatic heterocycles. The minimum atomic E-state index is 0.642. The Morgan fingerprint density at radius 3 is 2.47 bits per heavy atom. The lowest BCUT2D eigenvalue weighted by Gasteiger charge is -2.15. The number of rotatable bonds is 2. The molecule has 2 rings (SSSR count). The van der Waals surface area contributed by atoms with Crippen molar-refractivity contribution in [1.82, 2.24) is 4.98 Å². The van der Waals surface area contributed by atoms with E-state index in [2.05, 4.69) is 9.88 Å². The van der Waals surface area contributed by atoms with Gasteiger partial charge in [0.1, 0.15) is 5.82 Å². The van der Waals surface area contributed by atoms with E-state index in [0.29, 0.717) is 5.56 Å². The van der Waals surface area contributed by atoms with Crippen LogP contribution in [0.15, 0.2) is 18.3 Å². The lowest BCUT2D eigenvalue weighted by molar-refractivity contribution is 0.112. The summed E-state index contributed by atoms with van der Waals surface area (Å²) in [6, 6.07) is 3.72. The number of hydrogen-bond acceptors (Lipinski definition) is 4. The van der Waals surface area contributed by atoms with Crippen LogP contribution in [0, 0.1) is 0 Å². The maximum absolute atomic E-state index is 10.4. The fraction of sp³-hybridized carbons (Fsp3) is 0.455. The van der Waals surface area contributed by atoms with Crippen LogP contribution in [-0.2, 0) is 0 Å². The van der Waals surface area contributed by atoms with Crippen molar-refractivity contribution in [2.75, 3.05) is 25.1 Å². The highest BCUT2D eigenvalue weighted by Gasteiger charge is 2.12. The number of carbonyl (C=O) groups is 1. The number of carbonyl (C=O) groups excluding carboxylic acids is 1. The second-order valence-electron chi connectivity index (χ2n) is 3.26. The van der Waals surface area contributed by atoms with Crippen molar-refractivity contribution in [2.45, 2.75) is 12.8 Å². The normalized spacial score (nSPS) is 14.4. The fourth-order valence-electron chi connectivity index (χ4n) is 1.60. The molecule has 1 aliphatic rings. The van der Waals surface area contributed by atoms with E-state index >= 15 is 0 Å². The molecular formula is C11H16N2O2. The molecule has 0 unspecified atom stereocenters. The third kappa shape index (κ3) is 3.02. The van der Waals surface area contributed by atoms with Gasteiger partial charge in [0.15, 0.2) is 6.29 Å². The third-order valence-electron chi connectivity index (χ3n) is 2.34. The molecule has 2 heterocycles. The van der Waals surface area contributed by atoms with Crippen LogP contribution in [0.2, 0.25) is 0 Å². The van der Waals surface area contributed by atoms with Gasteiger partial charge in [-0.05, 0) is 25.0 Å². The van der Waals surface area contributed by atoms with Gasteiger partial charge in [0.2, 0.25) is 0 Å². The Kier molecular flexibility index (Phi) is 4.77. The Labute approximate surface area is 89.6 Å². The monoisotopic (exact) mass is 208 g/mol. The molecule has 0 spiro atoms. The standard InChI is InChI=1S/C10H12N2O.CH4O/c13-8-9-3-4-10(11-7-9)12-5-1-2-6-12;1-2/h3-4,7-8H,1-2,5-6H2;2H,1H3. The molecule has 0 aliphatic carbocycles. The van der Waals surface area contributed by atoms with Crippen molar-refractivity contribution >= 4 is 12.1 Å². The number of aliphatic hydroxyl groups excluding tert-OH is 1. The molecular weight excluding hydrogens is 192 g/mol. The zero-order valence-electron chi connectivity index (χ0n) is 8.89. The van der Waals surface area contributed by atoms with Gasteiger partial charge < -0.3 is 10.0 Å². The van der Waals surface area contributed by atoms with Gasteiger partial charge in [0.05, 0.1) is 0 Å². The lowest BCUT2D eigenvalue weighted by atomic mass is 10.3. The van der Waals surface area contributed by atoms with E-state index in [1.54, 1.807) is 6.20 Å². The number of aromatic nitrogens is 1. The van der Waals surface area contributed by atoms with Crippen LogP contribution in [-0.4, -0.2) is 36.6 Å². The van der Waals surface area contributed by atoms with Crippen LogP contribution in [0.25, 0.3) is 0 Å². The summed E-state index contributed by atoms with van der Waals surface area (Å²) >= 11 is 0. The molecule has 1 saturated heterocycles. The van der Waals surface area contributed by atoms with E-state index < -0.39 is 0 Å². The van der Waals surface area contributed by atoms with Gasteiger partial charge in [-0.2, -0.15) is 0 Å². The number of anilines is 1. The van der Waals surface area contributed by atoms with Crippen molar-refractivity contribution < 1.29 is 9.90 Å². The van der Waals surface area contributed by atoms with Crippen LogP contribution in [0.3, 0.4) is 0 Å². The molecule has 15 heavy (non-hydrogen) atoms. The summed E-state index contributed by atoms with van der Waals surface area (Å²) in [4.78, 5) is 16.9. The topological polar surface area (TPSA) is 53.4 Å². The number of aliphatic hydroxyl groups is 1. The van der Waals surface area contributed by atoms with Gasteiger partial charge in [0.25, 0.3) is 0 Å². The molecule has 0 amide bonds. The van der Waals surface area contributed by atoms with Gasteiger partial charge in [-0.3, -0.25) is 4.79 Å². The maximum Gasteiger partial charge on any atom is 0.151 e. The molecule has 82 valence electrons. The summed E-state index contributed by atoms with van der Waals surface area (Å²) in [5.41, 5.74) is 0.642. The second-order valence-corrected chi connectivity index (χ2v) is 3.26. The zero-order chi connectivity index (χ0) is 11.1. The molecule has 0 bridgehead atoms. The minimum Gasteiger partial charge on any atom is -0.400 e. The van der Waals surface area contributed by atoms with E-state index in [1.165, 1.54) is 12.8 Å². The minimum absolute atomic E-state index is 0.642. The average Bonchev–Trinajstić information content (AvgIpc) is 2.85. The average molecular weight is 208 g/mol. The fourth-order valence-corrected chi connectivity index (χ4v) is 1.60. The summed E-state index contributed by atoms with van der Waals surface area (Å²) in [5.74, 6) is 0.989. The molecule has 0 radical (unpaired) electrons. The number of aldehydes is 1. The summed E-state index contributed by atoms with van der Waals surface area (Å²) in [7, 11) is 1.00. The molecule has 0 aromatic carbocycles. The Morgan fingerprint density at radius 1 is 1.33 bits per heavy atom. The van der Waals surface area contributed by atoms with E-state index in [9.17, 15) is 4.79 Å². The van der Waals surface area contributed by atoms with E-state index in [1.807, 2.05) is 12.1 Å². The van der Waals surface area contributed by atoms with Crippen LogP contribution in [0.4, 0.5) is 5.82 Å². The zero-order valence-corrected chi connectivity index (χ0v) is 8.89. The molecule has 4 nitrogen and oxygen atoms in total. The van der Waals surface area contributed by atoms with Crippen molar-refractivity contribution in [1.29, 1.82) is 0 Å². The number of nitrogens with zero attached hydrogens (tertiary/aromatic N) is 2. The van der Waals surface area contributed by atoms with Gasteiger partial charge in [-0.15, -0.1) is 0 Å². The summed E-state index contributed by atoms with van der Waals surface area (Å²) in [6.07, 6.45) is 4.94. The van der Waals surface area contributed by atoms with Crippen molar-refractivity contribution in [3.05, 3.63) is 23.9 Å². The summed E-state index contributed by atoms with van der Waals surface area (Å²) < 4.78 is 0.